The highest BCUT2D eigenvalue weighted by Crippen LogP contribution is 2.38. The van der Waals surface area contributed by atoms with Crippen LogP contribution in [0.25, 0.3) is 0 Å². The molecule has 0 radical (unpaired) electrons. The Morgan fingerprint density at radius 1 is 0.833 bits per heavy atom. The fraction of sp³-hybridized carbons (Fsp3) is 0.500. The molecule has 0 amide bonds. The summed E-state index contributed by atoms with van der Waals surface area (Å²) in [6.45, 7) is 8.88. The number of nitrogens with zero attached hydrogens (tertiary/aromatic N) is 3. The minimum Gasteiger partial charge on any atom is -0.367 e. The standard InChI is InChI=1S/C24H30FN3O2/c25-22-8-3-4-9-23(22)28-14-12-26(13-15-28)10-5-11-27-18-20-6-1-2-7-21(20)24(19-27)29-16-17-30-24/h1-4,6-9H,5,10-19H2. The molecule has 0 unspecified atom stereocenters. The summed E-state index contributed by atoms with van der Waals surface area (Å²) < 4.78 is 26.2. The number of anilines is 1. The number of hydrogen-bond acceptors (Lipinski definition) is 5. The van der Waals surface area contributed by atoms with Gasteiger partial charge in [-0.2, -0.15) is 0 Å². The van der Waals surface area contributed by atoms with Gasteiger partial charge in [-0.1, -0.05) is 36.4 Å². The van der Waals surface area contributed by atoms with E-state index >= 15 is 0 Å². The van der Waals surface area contributed by atoms with Gasteiger partial charge in [-0.25, -0.2) is 4.39 Å². The average Bonchev–Trinajstić information content (AvgIpc) is 3.24. The number of rotatable bonds is 5. The molecule has 5 nitrogen and oxygen atoms in total. The summed E-state index contributed by atoms with van der Waals surface area (Å²) in [7, 11) is 0. The van der Waals surface area contributed by atoms with Crippen LogP contribution in [0.2, 0.25) is 0 Å². The molecule has 0 atom stereocenters. The lowest BCUT2D eigenvalue weighted by Gasteiger charge is -2.40. The highest BCUT2D eigenvalue weighted by Gasteiger charge is 2.44. The summed E-state index contributed by atoms with van der Waals surface area (Å²) in [4.78, 5) is 7.11. The molecule has 160 valence electrons. The third kappa shape index (κ3) is 3.97. The zero-order chi connectivity index (χ0) is 20.4. The quantitative estimate of drug-likeness (QED) is 0.754. The molecule has 5 rings (SSSR count). The maximum atomic E-state index is 14.0. The number of piperazine rings is 1. The van der Waals surface area contributed by atoms with E-state index in [0.29, 0.717) is 13.2 Å². The highest BCUT2D eigenvalue weighted by atomic mass is 19.1. The maximum Gasteiger partial charge on any atom is 0.208 e. The van der Waals surface area contributed by atoms with E-state index in [0.717, 1.165) is 64.5 Å². The summed E-state index contributed by atoms with van der Waals surface area (Å²) in [6, 6.07) is 15.6. The van der Waals surface area contributed by atoms with E-state index < -0.39 is 5.79 Å². The Hall–Kier alpha value is -1.99. The number of para-hydroxylation sites is 1. The van der Waals surface area contributed by atoms with E-state index in [4.69, 9.17) is 9.47 Å². The van der Waals surface area contributed by atoms with E-state index in [1.807, 2.05) is 12.1 Å². The van der Waals surface area contributed by atoms with Crippen LogP contribution in [0, 0.1) is 5.82 Å². The molecule has 3 aliphatic rings. The first-order valence-electron chi connectivity index (χ1n) is 11.0. The van der Waals surface area contributed by atoms with Crippen molar-refractivity contribution in [3.8, 4) is 0 Å². The smallest absolute Gasteiger partial charge is 0.208 e. The first-order valence-corrected chi connectivity index (χ1v) is 11.0. The molecule has 0 aromatic heterocycles. The molecule has 2 aromatic carbocycles. The van der Waals surface area contributed by atoms with Gasteiger partial charge < -0.3 is 14.4 Å². The zero-order valence-electron chi connectivity index (χ0n) is 17.4. The normalized spacial score (nSPS) is 21.8. The summed E-state index contributed by atoms with van der Waals surface area (Å²) in [5, 5.41) is 0. The van der Waals surface area contributed by atoms with Gasteiger partial charge in [0.15, 0.2) is 0 Å². The Bertz CT molecular complexity index is 863. The SMILES string of the molecule is Fc1ccccc1N1CCN(CCCN2Cc3ccccc3C3(C2)OCCO3)CC1. The average molecular weight is 412 g/mol. The first kappa shape index (κ1) is 19.9. The zero-order valence-corrected chi connectivity index (χ0v) is 17.4. The molecule has 3 heterocycles. The molecule has 3 aliphatic heterocycles. The minimum atomic E-state index is -0.583. The van der Waals surface area contributed by atoms with Gasteiger partial charge in [0.05, 0.1) is 25.4 Å². The van der Waals surface area contributed by atoms with Gasteiger partial charge in [-0.05, 0) is 37.2 Å². The molecular weight excluding hydrogens is 381 g/mol. The van der Waals surface area contributed by atoms with Crippen LogP contribution in [0.5, 0.6) is 0 Å². The fourth-order valence-corrected chi connectivity index (χ4v) is 5.00. The monoisotopic (exact) mass is 411 g/mol. The molecule has 0 N–H and O–H groups in total. The number of fused-ring (bicyclic) bond motifs is 2. The van der Waals surface area contributed by atoms with E-state index in [2.05, 4.69) is 39.0 Å². The third-order valence-electron chi connectivity index (χ3n) is 6.52. The molecule has 0 bridgehead atoms. The molecule has 2 saturated heterocycles. The topological polar surface area (TPSA) is 28.2 Å². The molecule has 30 heavy (non-hydrogen) atoms. The molecular formula is C24H30FN3O2. The summed E-state index contributed by atoms with van der Waals surface area (Å²) in [6.07, 6.45) is 1.11. The Kier molecular flexibility index (Phi) is 5.74. The van der Waals surface area contributed by atoms with Crippen LogP contribution in [-0.2, 0) is 21.8 Å². The van der Waals surface area contributed by atoms with Crippen molar-refractivity contribution in [2.24, 2.45) is 0 Å². The van der Waals surface area contributed by atoms with Gasteiger partial charge in [0.2, 0.25) is 5.79 Å². The lowest BCUT2D eigenvalue weighted by Crippen LogP contribution is -2.48. The molecule has 6 heteroatoms. The highest BCUT2D eigenvalue weighted by molar-refractivity contribution is 5.48. The van der Waals surface area contributed by atoms with Crippen LogP contribution in [-0.4, -0.2) is 68.8 Å². The Labute approximate surface area is 178 Å². The molecule has 0 aliphatic carbocycles. The Balaban J connectivity index is 1.13. The number of benzene rings is 2. The van der Waals surface area contributed by atoms with Gasteiger partial charge in [-0.3, -0.25) is 9.80 Å². The van der Waals surface area contributed by atoms with Crippen LogP contribution < -0.4 is 4.90 Å². The van der Waals surface area contributed by atoms with Gasteiger partial charge in [-0.15, -0.1) is 0 Å². The third-order valence-corrected chi connectivity index (χ3v) is 6.52. The van der Waals surface area contributed by atoms with Crippen molar-refractivity contribution in [1.29, 1.82) is 0 Å². The second-order valence-corrected chi connectivity index (χ2v) is 8.45. The van der Waals surface area contributed by atoms with Gasteiger partial charge in [0, 0.05) is 38.3 Å². The molecule has 2 aromatic rings. The lowest BCUT2D eigenvalue weighted by molar-refractivity contribution is -0.187. The van der Waals surface area contributed by atoms with Crippen molar-refractivity contribution >= 4 is 5.69 Å². The van der Waals surface area contributed by atoms with Crippen molar-refractivity contribution in [3.05, 3.63) is 65.5 Å². The van der Waals surface area contributed by atoms with Crippen molar-refractivity contribution < 1.29 is 13.9 Å². The van der Waals surface area contributed by atoms with Crippen molar-refractivity contribution in [2.45, 2.75) is 18.8 Å². The second-order valence-electron chi connectivity index (χ2n) is 8.45. The number of ether oxygens (including phenoxy) is 2. The fourth-order valence-electron chi connectivity index (χ4n) is 5.00. The van der Waals surface area contributed by atoms with Crippen LogP contribution in [0.1, 0.15) is 17.5 Å². The van der Waals surface area contributed by atoms with E-state index in [9.17, 15) is 4.39 Å². The Morgan fingerprint density at radius 3 is 2.33 bits per heavy atom. The van der Waals surface area contributed by atoms with E-state index in [1.165, 1.54) is 11.1 Å². The van der Waals surface area contributed by atoms with Crippen LogP contribution in [0.3, 0.4) is 0 Å². The van der Waals surface area contributed by atoms with E-state index in [-0.39, 0.29) is 5.82 Å². The van der Waals surface area contributed by atoms with Crippen LogP contribution in [0.15, 0.2) is 48.5 Å². The predicted octanol–water partition coefficient (Wildman–Crippen LogP) is 3.05. The van der Waals surface area contributed by atoms with E-state index in [1.54, 1.807) is 12.1 Å². The van der Waals surface area contributed by atoms with Crippen molar-refractivity contribution in [1.82, 2.24) is 9.80 Å². The summed E-state index contributed by atoms with van der Waals surface area (Å²) in [5.74, 6) is -0.707. The molecule has 2 fully saturated rings. The van der Waals surface area contributed by atoms with Gasteiger partial charge >= 0.3 is 0 Å². The van der Waals surface area contributed by atoms with Gasteiger partial charge in [0.25, 0.3) is 0 Å². The largest absolute Gasteiger partial charge is 0.367 e. The molecule has 1 spiro atoms. The van der Waals surface area contributed by atoms with Gasteiger partial charge in [0.1, 0.15) is 5.82 Å². The maximum absolute atomic E-state index is 14.0. The second kappa shape index (κ2) is 8.63. The summed E-state index contributed by atoms with van der Waals surface area (Å²) in [5.41, 5.74) is 3.23. The summed E-state index contributed by atoms with van der Waals surface area (Å²) >= 11 is 0. The van der Waals surface area contributed by atoms with Crippen molar-refractivity contribution in [2.75, 3.05) is 63.9 Å². The Morgan fingerprint density at radius 2 is 1.53 bits per heavy atom. The minimum absolute atomic E-state index is 0.124. The van der Waals surface area contributed by atoms with Crippen LogP contribution in [0.4, 0.5) is 10.1 Å². The lowest BCUT2D eigenvalue weighted by atomic mass is 9.94. The van der Waals surface area contributed by atoms with Crippen LogP contribution >= 0.6 is 0 Å². The predicted molar refractivity (Wildman–Crippen MR) is 115 cm³/mol. The molecule has 0 saturated carbocycles. The number of hydrogen-bond donors (Lipinski definition) is 0. The first-order chi connectivity index (χ1) is 14.7. The number of halogens is 1. The van der Waals surface area contributed by atoms with Crippen molar-refractivity contribution in [3.63, 3.8) is 0 Å².